The smallest absolute Gasteiger partial charge is 0.106 e. The summed E-state index contributed by atoms with van der Waals surface area (Å²) in [5.74, 6) is 2.02. The van der Waals surface area contributed by atoms with Gasteiger partial charge >= 0.3 is 0 Å². The summed E-state index contributed by atoms with van der Waals surface area (Å²) in [6.07, 6.45) is 9.01. The lowest BCUT2D eigenvalue weighted by atomic mass is 9.97. The fraction of sp³-hybridized carbons (Fsp3) is 0.750. The molecule has 0 aromatic carbocycles. The van der Waals surface area contributed by atoms with E-state index in [1.54, 1.807) is 0 Å². The third-order valence-corrected chi connectivity index (χ3v) is 3.86. The zero-order chi connectivity index (χ0) is 13.5. The second-order valence-electron chi connectivity index (χ2n) is 5.42. The second-order valence-corrected chi connectivity index (χ2v) is 5.42. The van der Waals surface area contributed by atoms with Crippen LogP contribution in [0.25, 0.3) is 0 Å². The first-order valence-corrected chi connectivity index (χ1v) is 7.40. The van der Waals surface area contributed by atoms with Crippen LogP contribution in [0.1, 0.15) is 80.6 Å². The van der Waals surface area contributed by atoms with Crippen molar-refractivity contribution in [2.45, 2.75) is 78.7 Å². The summed E-state index contributed by atoms with van der Waals surface area (Å²) in [5.41, 5.74) is 8.77. The van der Waals surface area contributed by atoms with Crippen molar-refractivity contribution in [1.29, 1.82) is 0 Å². The largest absolute Gasteiger partial charge is 0.466 e. The molecule has 1 aromatic rings. The Balaban J connectivity index is 2.34. The Labute approximate surface area is 112 Å². The monoisotopic (exact) mass is 251 g/mol. The fourth-order valence-electron chi connectivity index (χ4n) is 2.64. The number of unbranched alkanes of at least 4 members (excludes halogenated alkanes) is 5. The lowest BCUT2D eigenvalue weighted by Crippen LogP contribution is -2.11. The van der Waals surface area contributed by atoms with E-state index >= 15 is 0 Å². The minimum Gasteiger partial charge on any atom is -0.466 e. The summed E-state index contributed by atoms with van der Waals surface area (Å²) in [5, 5.41) is 0. The van der Waals surface area contributed by atoms with E-state index in [1.807, 2.05) is 13.8 Å². The van der Waals surface area contributed by atoms with Gasteiger partial charge in [-0.05, 0) is 32.8 Å². The van der Waals surface area contributed by atoms with Crippen LogP contribution in [0.15, 0.2) is 4.42 Å². The van der Waals surface area contributed by atoms with Crippen LogP contribution < -0.4 is 5.73 Å². The van der Waals surface area contributed by atoms with Gasteiger partial charge in [-0.2, -0.15) is 0 Å². The molecule has 1 atom stereocenters. The second kappa shape index (κ2) is 7.63. The molecule has 1 aromatic heterocycles. The molecular weight excluding hydrogens is 222 g/mol. The van der Waals surface area contributed by atoms with Gasteiger partial charge in [-0.1, -0.05) is 45.4 Å². The van der Waals surface area contributed by atoms with Gasteiger partial charge < -0.3 is 10.2 Å². The molecule has 104 valence electrons. The average molecular weight is 251 g/mol. The third-order valence-electron chi connectivity index (χ3n) is 3.86. The molecule has 0 spiro atoms. The molecule has 1 rings (SSSR count). The Morgan fingerprint density at radius 2 is 1.56 bits per heavy atom. The van der Waals surface area contributed by atoms with Gasteiger partial charge in [0.05, 0.1) is 0 Å². The van der Waals surface area contributed by atoms with Crippen molar-refractivity contribution in [3.8, 4) is 0 Å². The van der Waals surface area contributed by atoms with Crippen LogP contribution in [0, 0.1) is 20.8 Å². The van der Waals surface area contributed by atoms with Gasteiger partial charge in [0.15, 0.2) is 0 Å². The molecule has 2 heteroatoms. The highest BCUT2D eigenvalue weighted by Gasteiger charge is 2.17. The maximum Gasteiger partial charge on any atom is 0.106 e. The fourth-order valence-corrected chi connectivity index (χ4v) is 2.64. The summed E-state index contributed by atoms with van der Waals surface area (Å²) < 4.78 is 5.65. The van der Waals surface area contributed by atoms with Crippen molar-refractivity contribution in [2.24, 2.45) is 5.73 Å². The van der Waals surface area contributed by atoms with Crippen molar-refractivity contribution in [3.05, 3.63) is 22.6 Å². The molecule has 18 heavy (non-hydrogen) atoms. The van der Waals surface area contributed by atoms with Gasteiger partial charge in [0.2, 0.25) is 0 Å². The molecular formula is C16H29NO. The first-order chi connectivity index (χ1) is 8.57. The van der Waals surface area contributed by atoms with E-state index in [1.165, 1.54) is 49.7 Å². The van der Waals surface area contributed by atoms with Gasteiger partial charge in [-0.3, -0.25) is 0 Å². The molecule has 0 aliphatic carbocycles. The van der Waals surface area contributed by atoms with Crippen LogP contribution in [0.4, 0.5) is 0 Å². The Morgan fingerprint density at radius 1 is 0.944 bits per heavy atom. The van der Waals surface area contributed by atoms with Crippen LogP contribution in [0.5, 0.6) is 0 Å². The van der Waals surface area contributed by atoms with Crippen molar-refractivity contribution in [3.63, 3.8) is 0 Å². The van der Waals surface area contributed by atoms with Crippen molar-refractivity contribution >= 4 is 0 Å². The number of nitrogens with two attached hydrogens (primary N) is 1. The van der Waals surface area contributed by atoms with E-state index in [-0.39, 0.29) is 6.04 Å². The lowest BCUT2D eigenvalue weighted by molar-refractivity contribution is 0.490. The first-order valence-electron chi connectivity index (χ1n) is 7.40. The molecule has 0 saturated carbocycles. The van der Waals surface area contributed by atoms with E-state index in [0.29, 0.717) is 0 Å². The molecule has 0 radical (unpaired) electrons. The highest BCUT2D eigenvalue weighted by atomic mass is 16.3. The number of hydrogen-bond acceptors (Lipinski definition) is 2. The highest BCUT2D eigenvalue weighted by molar-refractivity contribution is 5.33. The van der Waals surface area contributed by atoms with E-state index in [2.05, 4.69) is 13.8 Å². The Bertz CT molecular complexity index is 354. The molecule has 0 bridgehead atoms. The maximum atomic E-state index is 6.29. The summed E-state index contributed by atoms with van der Waals surface area (Å²) in [6, 6.07) is 0.147. The summed E-state index contributed by atoms with van der Waals surface area (Å²) in [6.45, 7) is 8.41. The topological polar surface area (TPSA) is 39.2 Å². The lowest BCUT2D eigenvalue weighted by Gasteiger charge is -2.12. The van der Waals surface area contributed by atoms with Crippen molar-refractivity contribution in [1.82, 2.24) is 0 Å². The third kappa shape index (κ3) is 4.16. The van der Waals surface area contributed by atoms with Crippen LogP contribution >= 0.6 is 0 Å². The van der Waals surface area contributed by atoms with E-state index < -0.39 is 0 Å². The van der Waals surface area contributed by atoms with E-state index in [9.17, 15) is 0 Å². The molecule has 0 amide bonds. The van der Waals surface area contributed by atoms with Gasteiger partial charge in [-0.25, -0.2) is 0 Å². The number of furan rings is 1. The van der Waals surface area contributed by atoms with Crippen LogP contribution in [-0.2, 0) is 0 Å². The zero-order valence-electron chi connectivity index (χ0n) is 12.5. The predicted octanol–water partition coefficient (Wildman–Crippen LogP) is 4.96. The molecule has 0 aliphatic heterocycles. The Kier molecular flexibility index (Phi) is 6.48. The van der Waals surface area contributed by atoms with Gasteiger partial charge in [-0.15, -0.1) is 0 Å². The minimum absolute atomic E-state index is 0.147. The van der Waals surface area contributed by atoms with Gasteiger partial charge in [0.25, 0.3) is 0 Å². The molecule has 1 heterocycles. The normalized spacial score (nSPS) is 12.9. The molecule has 1 unspecified atom stereocenters. The number of hydrogen-bond donors (Lipinski definition) is 1. The van der Waals surface area contributed by atoms with Gasteiger partial charge in [0.1, 0.15) is 11.5 Å². The first kappa shape index (κ1) is 15.3. The molecule has 0 saturated heterocycles. The number of aryl methyl sites for hydroxylation is 2. The minimum atomic E-state index is 0.147. The van der Waals surface area contributed by atoms with E-state index in [0.717, 1.165) is 17.9 Å². The van der Waals surface area contributed by atoms with Crippen LogP contribution in [0.3, 0.4) is 0 Å². The summed E-state index contributed by atoms with van der Waals surface area (Å²) in [7, 11) is 0. The van der Waals surface area contributed by atoms with Crippen molar-refractivity contribution in [2.75, 3.05) is 0 Å². The standard InChI is InChI=1S/C16H29NO/c1-5-6-7-8-9-10-11-15(17)16-12(2)13(3)18-14(16)4/h15H,5-11,17H2,1-4H3. The molecule has 2 nitrogen and oxygen atoms in total. The summed E-state index contributed by atoms with van der Waals surface area (Å²) in [4.78, 5) is 0. The average Bonchev–Trinajstić information content (AvgIpc) is 2.58. The predicted molar refractivity (Wildman–Crippen MR) is 77.8 cm³/mol. The summed E-state index contributed by atoms with van der Waals surface area (Å²) >= 11 is 0. The number of rotatable bonds is 8. The van der Waals surface area contributed by atoms with Crippen LogP contribution in [0.2, 0.25) is 0 Å². The SMILES string of the molecule is CCCCCCCCC(N)c1c(C)oc(C)c1C. The van der Waals surface area contributed by atoms with Gasteiger partial charge in [0, 0.05) is 11.6 Å². The Hall–Kier alpha value is -0.760. The zero-order valence-corrected chi connectivity index (χ0v) is 12.5. The molecule has 0 fully saturated rings. The highest BCUT2D eigenvalue weighted by Crippen LogP contribution is 2.28. The van der Waals surface area contributed by atoms with E-state index in [4.69, 9.17) is 10.2 Å². The quantitative estimate of drug-likeness (QED) is 0.663. The van der Waals surface area contributed by atoms with Crippen LogP contribution in [-0.4, -0.2) is 0 Å². The maximum absolute atomic E-state index is 6.29. The molecule has 0 aliphatic rings. The van der Waals surface area contributed by atoms with Crippen molar-refractivity contribution < 1.29 is 4.42 Å². The molecule has 2 N–H and O–H groups in total. The Morgan fingerprint density at radius 3 is 2.11 bits per heavy atom.